The second kappa shape index (κ2) is 5.28. The number of pyridine rings is 1. The smallest absolute Gasteiger partial charge is 0.197 e. The van der Waals surface area contributed by atoms with Gasteiger partial charge in [-0.05, 0) is 25.5 Å². The Morgan fingerprint density at radius 2 is 2.19 bits per heavy atom. The number of aryl methyl sites for hydroxylation is 1. The molecule has 0 aliphatic carbocycles. The van der Waals surface area contributed by atoms with E-state index in [1.165, 1.54) is 6.07 Å². The van der Waals surface area contributed by atoms with Gasteiger partial charge in [-0.3, -0.25) is 0 Å². The van der Waals surface area contributed by atoms with Gasteiger partial charge in [-0.15, -0.1) is 11.6 Å². The first-order valence-corrected chi connectivity index (χ1v) is 6.86. The van der Waals surface area contributed by atoms with E-state index in [9.17, 15) is 8.42 Å². The quantitative estimate of drug-likeness (QED) is 0.770. The molecule has 1 heterocycles. The van der Waals surface area contributed by atoms with Gasteiger partial charge in [0.15, 0.2) is 14.9 Å². The van der Waals surface area contributed by atoms with Gasteiger partial charge in [0.1, 0.15) is 6.07 Å². The minimum Gasteiger partial charge on any atom is -0.240 e. The second-order valence-corrected chi connectivity index (χ2v) is 5.68. The maximum Gasteiger partial charge on any atom is 0.197 e. The summed E-state index contributed by atoms with van der Waals surface area (Å²) in [5.74, 6) is 0.189. The Morgan fingerprint density at radius 1 is 1.50 bits per heavy atom. The molecule has 0 aliphatic rings. The molecule has 0 amide bonds. The third-order valence-corrected chi connectivity index (χ3v) is 3.96. The van der Waals surface area contributed by atoms with Gasteiger partial charge in [-0.2, -0.15) is 5.26 Å². The second-order valence-electron chi connectivity index (χ2n) is 3.28. The number of sulfone groups is 1. The molecular weight excluding hydrogens is 248 g/mol. The number of halogens is 1. The van der Waals surface area contributed by atoms with Crippen LogP contribution in [-0.2, 0) is 9.84 Å². The molecule has 16 heavy (non-hydrogen) atoms. The Kier molecular flexibility index (Phi) is 4.27. The number of alkyl halides is 1. The van der Waals surface area contributed by atoms with E-state index >= 15 is 0 Å². The lowest BCUT2D eigenvalue weighted by molar-refractivity contribution is 0.590. The molecule has 0 saturated heterocycles. The maximum absolute atomic E-state index is 11.9. The lowest BCUT2D eigenvalue weighted by Gasteiger charge is -2.05. The van der Waals surface area contributed by atoms with Crippen molar-refractivity contribution in [3.05, 3.63) is 23.4 Å². The lowest BCUT2D eigenvalue weighted by Crippen LogP contribution is -2.12. The van der Waals surface area contributed by atoms with E-state index in [4.69, 9.17) is 16.9 Å². The monoisotopic (exact) mass is 258 g/mol. The highest BCUT2D eigenvalue weighted by Gasteiger charge is 2.20. The van der Waals surface area contributed by atoms with Gasteiger partial charge < -0.3 is 0 Å². The van der Waals surface area contributed by atoms with Gasteiger partial charge in [0.25, 0.3) is 0 Å². The third-order valence-electron chi connectivity index (χ3n) is 1.96. The highest BCUT2D eigenvalue weighted by atomic mass is 35.5. The van der Waals surface area contributed by atoms with Crippen LogP contribution in [0, 0.1) is 18.3 Å². The molecule has 1 aromatic rings. The molecule has 0 radical (unpaired) electrons. The molecule has 0 N–H and O–H groups in total. The minimum absolute atomic E-state index is 0.0817. The maximum atomic E-state index is 11.9. The molecule has 0 bridgehead atoms. The van der Waals surface area contributed by atoms with Crippen molar-refractivity contribution in [2.24, 2.45) is 0 Å². The van der Waals surface area contributed by atoms with Crippen LogP contribution in [0.5, 0.6) is 0 Å². The van der Waals surface area contributed by atoms with Crippen molar-refractivity contribution in [1.82, 2.24) is 4.98 Å². The van der Waals surface area contributed by atoms with E-state index < -0.39 is 9.84 Å². The van der Waals surface area contributed by atoms with Crippen molar-refractivity contribution in [1.29, 1.82) is 5.26 Å². The summed E-state index contributed by atoms with van der Waals surface area (Å²) in [5, 5.41) is 8.68. The van der Waals surface area contributed by atoms with Crippen LogP contribution < -0.4 is 0 Å². The number of hydrogen-bond donors (Lipinski definition) is 0. The average Bonchev–Trinajstić information content (AvgIpc) is 2.26. The molecule has 86 valence electrons. The van der Waals surface area contributed by atoms with Crippen LogP contribution in [0.15, 0.2) is 17.2 Å². The first-order valence-electron chi connectivity index (χ1n) is 4.67. The highest BCUT2D eigenvalue weighted by Crippen LogP contribution is 2.15. The van der Waals surface area contributed by atoms with Crippen molar-refractivity contribution in [3.8, 4) is 6.07 Å². The number of aromatic nitrogens is 1. The van der Waals surface area contributed by atoms with E-state index in [2.05, 4.69) is 4.98 Å². The molecular formula is C10H11ClN2O2S. The van der Waals surface area contributed by atoms with Gasteiger partial charge >= 0.3 is 0 Å². The predicted octanol–water partition coefficient (Wildman–Crippen LogP) is 1.66. The Balaban J connectivity index is 3.22. The first kappa shape index (κ1) is 12.9. The summed E-state index contributed by atoms with van der Waals surface area (Å²) in [6.45, 7) is 1.68. The summed E-state index contributed by atoms with van der Waals surface area (Å²) in [6.07, 6.45) is 0.352. The minimum atomic E-state index is -3.51. The van der Waals surface area contributed by atoms with Crippen LogP contribution in [0.1, 0.15) is 17.7 Å². The zero-order valence-corrected chi connectivity index (χ0v) is 10.3. The Bertz CT molecular complexity index is 520. The molecule has 0 fully saturated rings. The fraction of sp³-hybridized carbons (Fsp3) is 0.400. The molecule has 0 spiro atoms. The van der Waals surface area contributed by atoms with E-state index in [0.717, 1.165) is 0 Å². The SMILES string of the molecule is Cc1ccc(C#N)c(S(=O)(=O)CCCCl)n1. The Hall–Kier alpha value is -1.12. The average molecular weight is 259 g/mol. The summed E-state index contributed by atoms with van der Waals surface area (Å²) in [5.41, 5.74) is 0.656. The zero-order valence-electron chi connectivity index (χ0n) is 8.77. The first-order chi connectivity index (χ1) is 7.51. The summed E-state index contributed by atoms with van der Waals surface area (Å²) in [7, 11) is -3.51. The molecule has 0 atom stereocenters. The summed E-state index contributed by atoms with van der Waals surface area (Å²) in [4.78, 5) is 3.92. The zero-order chi connectivity index (χ0) is 12.2. The summed E-state index contributed by atoms with van der Waals surface area (Å²) >= 11 is 5.45. The van der Waals surface area contributed by atoms with Crippen molar-refractivity contribution >= 4 is 21.4 Å². The molecule has 1 aromatic heterocycles. The largest absolute Gasteiger partial charge is 0.240 e. The normalized spacial score (nSPS) is 11.1. The highest BCUT2D eigenvalue weighted by molar-refractivity contribution is 7.91. The van der Waals surface area contributed by atoms with E-state index in [0.29, 0.717) is 12.1 Å². The van der Waals surface area contributed by atoms with E-state index in [-0.39, 0.29) is 22.2 Å². The Labute approximate surface area is 99.8 Å². The predicted molar refractivity (Wildman–Crippen MR) is 61.1 cm³/mol. The molecule has 0 unspecified atom stereocenters. The van der Waals surface area contributed by atoms with Crippen molar-refractivity contribution in [2.75, 3.05) is 11.6 Å². The van der Waals surface area contributed by atoms with Crippen molar-refractivity contribution in [2.45, 2.75) is 18.4 Å². The van der Waals surface area contributed by atoms with Crippen molar-refractivity contribution < 1.29 is 8.42 Å². The van der Waals surface area contributed by atoms with Crippen LogP contribution in [-0.4, -0.2) is 25.0 Å². The van der Waals surface area contributed by atoms with Gasteiger partial charge in [0.2, 0.25) is 0 Å². The number of hydrogen-bond acceptors (Lipinski definition) is 4. The van der Waals surface area contributed by atoms with Crippen LogP contribution in [0.3, 0.4) is 0 Å². The van der Waals surface area contributed by atoms with Gasteiger partial charge in [0.05, 0.1) is 11.3 Å². The molecule has 6 heteroatoms. The van der Waals surface area contributed by atoms with Crippen LogP contribution >= 0.6 is 11.6 Å². The fourth-order valence-electron chi connectivity index (χ4n) is 1.20. The van der Waals surface area contributed by atoms with Crippen LogP contribution in [0.2, 0.25) is 0 Å². The van der Waals surface area contributed by atoms with Crippen molar-refractivity contribution in [3.63, 3.8) is 0 Å². The van der Waals surface area contributed by atoms with Crippen LogP contribution in [0.4, 0.5) is 0 Å². The van der Waals surface area contributed by atoms with E-state index in [1.807, 2.05) is 6.07 Å². The number of nitriles is 1. The molecule has 0 aliphatic heterocycles. The third kappa shape index (κ3) is 2.94. The molecule has 0 aromatic carbocycles. The number of nitrogens with zero attached hydrogens (tertiary/aromatic N) is 2. The van der Waals surface area contributed by atoms with Gasteiger partial charge in [-0.25, -0.2) is 13.4 Å². The number of rotatable bonds is 4. The standard InChI is InChI=1S/C10H11ClN2O2S/c1-8-3-4-9(7-12)10(13-8)16(14,15)6-2-5-11/h3-4H,2,5-6H2,1H3. The van der Waals surface area contributed by atoms with Gasteiger partial charge in [0, 0.05) is 11.6 Å². The van der Waals surface area contributed by atoms with E-state index in [1.54, 1.807) is 13.0 Å². The van der Waals surface area contributed by atoms with Gasteiger partial charge in [-0.1, -0.05) is 0 Å². The molecule has 4 nitrogen and oxygen atoms in total. The lowest BCUT2D eigenvalue weighted by atomic mass is 10.3. The van der Waals surface area contributed by atoms with Crippen LogP contribution in [0.25, 0.3) is 0 Å². The topological polar surface area (TPSA) is 70.8 Å². The summed E-state index contributed by atoms with van der Waals surface area (Å²) < 4.78 is 23.7. The summed E-state index contributed by atoms with van der Waals surface area (Å²) in [6, 6.07) is 4.91. The Morgan fingerprint density at radius 3 is 2.75 bits per heavy atom. The molecule has 0 saturated carbocycles. The fourth-order valence-corrected chi connectivity index (χ4v) is 2.94. The molecule has 1 rings (SSSR count).